The first-order chi connectivity index (χ1) is 16.0. The zero-order valence-corrected chi connectivity index (χ0v) is 18.2. The molecule has 7 nitrogen and oxygen atoms in total. The van der Waals surface area contributed by atoms with Crippen LogP contribution in [0.3, 0.4) is 0 Å². The number of carboxylic acids is 1. The molecule has 0 saturated carbocycles. The average Bonchev–Trinajstić information content (AvgIpc) is 3.38. The lowest BCUT2D eigenvalue weighted by Crippen LogP contribution is -2.23. The topological polar surface area (TPSA) is 88.1 Å². The number of amides is 1. The average molecular weight is 444 g/mol. The first kappa shape index (κ1) is 20.9. The summed E-state index contributed by atoms with van der Waals surface area (Å²) in [5.41, 5.74) is 5.27. The molecule has 0 radical (unpaired) electrons. The molecule has 2 N–H and O–H groups in total. The van der Waals surface area contributed by atoms with Crippen molar-refractivity contribution in [1.82, 2.24) is 0 Å². The van der Waals surface area contributed by atoms with E-state index >= 15 is 0 Å². The van der Waals surface area contributed by atoms with Crippen molar-refractivity contribution in [2.75, 3.05) is 23.9 Å². The number of rotatable bonds is 7. The SMILES string of the molecule is COc1ccc(N2Cc3ccc(NCC(=O)O)cc3C2=O)cc1OC1CCc2ccccc21. The van der Waals surface area contributed by atoms with E-state index in [-0.39, 0.29) is 18.6 Å². The van der Waals surface area contributed by atoms with E-state index in [4.69, 9.17) is 14.6 Å². The molecule has 5 rings (SSSR count). The van der Waals surface area contributed by atoms with Gasteiger partial charge in [0.25, 0.3) is 5.91 Å². The summed E-state index contributed by atoms with van der Waals surface area (Å²) < 4.78 is 11.9. The van der Waals surface area contributed by atoms with Crippen LogP contribution in [0, 0.1) is 0 Å². The fourth-order valence-electron chi connectivity index (χ4n) is 4.52. The van der Waals surface area contributed by atoms with Gasteiger partial charge in [-0.25, -0.2) is 0 Å². The summed E-state index contributed by atoms with van der Waals surface area (Å²) in [6.07, 6.45) is 1.81. The highest BCUT2D eigenvalue weighted by Gasteiger charge is 2.30. The predicted molar refractivity (Wildman–Crippen MR) is 124 cm³/mol. The largest absolute Gasteiger partial charge is 0.493 e. The summed E-state index contributed by atoms with van der Waals surface area (Å²) in [4.78, 5) is 25.7. The second kappa shape index (κ2) is 8.50. The summed E-state index contributed by atoms with van der Waals surface area (Å²) in [6.45, 7) is 0.228. The third-order valence-corrected chi connectivity index (χ3v) is 6.16. The molecule has 3 aromatic rings. The third-order valence-electron chi connectivity index (χ3n) is 6.16. The Hall–Kier alpha value is -4.00. The Morgan fingerprint density at radius 2 is 1.94 bits per heavy atom. The van der Waals surface area contributed by atoms with Crippen molar-refractivity contribution in [1.29, 1.82) is 0 Å². The number of ether oxygens (including phenoxy) is 2. The highest BCUT2D eigenvalue weighted by molar-refractivity contribution is 6.10. The predicted octanol–water partition coefficient (Wildman–Crippen LogP) is 4.42. The first-order valence-electron chi connectivity index (χ1n) is 10.9. The molecule has 168 valence electrons. The molecular formula is C26H24N2O5. The summed E-state index contributed by atoms with van der Waals surface area (Å²) in [5, 5.41) is 11.7. The molecular weight excluding hydrogens is 420 g/mol. The van der Waals surface area contributed by atoms with E-state index in [1.165, 1.54) is 11.1 Å². The zero-order chi connectivity index (χ0) is 22.9. The second-order valence-corrected chi connectivity index (χ2v) is 8.19. The zero-order valence-electron chi connectivity index (χ0n) is 18.2. The molecule has 0 fully saturated rings. The van der Waals surface area contributed by atoms with Crippen LogP contribution >= 0.6 is 0 Å². The van der Waals surface area contributed by atoms with Gasteiger partial charge in [0.05, 0.1) is 13.7 Å². The normalized spacial score (nSPS) is 16.3. The number of carboxylic acid groups (broad SMARTS) is 1. The number of aliphatic carboxylic acids is 1. The van der Waals surface area contributed by atoms with E-state index in [2.05, 4.69) is 17.4 Å². The van der Waals surface area contributed by atoms with E-state index in [0.29, 0.717) is 29.3 Å². The molecule has 3 aromatic carbocycles. The van der Waals surface area contributed by atoms with Gasteiger partial charge in [-0.05, 0) is 53.8 Å². The van der Waals surface area contributed by atoms with Crippen molar-refractivity contribution in [3.05, 3.63) is 82.9 Å². The number of anilines is 2. The van der Waals surface area contributed by atoms with Crippen molar-refractivity contribution >= 4 is 23.3 Å². The quantitative estimate of drug-likeness (QED) is 0.561. The Labute approximate surface area is 191 Å². The van der Waals surface area contributed by atoms with Crippen LogP contribution in [0.2, 0.25) is 0 Å². The molecule has 1 amide bonds. The van der Waals surface area contributed by atoms with Gasteiger partial charge in [0.15, 0.2) is 11.5 Å². The molecule has 0 saturated heterocycles. The van der Waals surface area contributed by atoms with Crippen LogP contribution in [0.25, 0.3) is 0 Å². The Bertz CT molecular complexity index is 1240. The molecule has 1 aliphatic heterocycles. The van der Waals surface area contributed by atoms with Crippen LogP contribution in [-0.4, -0.2) is 30.6 Å². The molecule has 7 heteroatoms. The Morgan fingerprint density at radius 3 is 2.76 bits per heavy atom. The van der Waals surface area contributed by atoms with Crippen LogP contribution in [0.1, 0.15) is 39.6 Å². The smallest absolute Gasteiger partial charge is 0.322 e. The van der Waals surface area contributed by atoms with Gasteiger partial charge < -0.3 is 24.8 Å². The van der Waals surface area contributed by atoms with Gasteiger partial charge in [0.2, 0.25) is 0 Å². The van der Waals surface area contributed by atoms with Crippen molar-refractivity contribution in [2.45, 2.75) is 25.5 Å². The molecule has 2 aliphatic rings. The molecule has 1 atom stereocenters. The third kappa shape index (κ3) is 3.98. The lowest BCUT2D eigenvalue weighted by atomic mass is 10.1. The van der Waals surface area contributed by atoms with Crippen molar-refractivity contribution in [3.8, 4) is 11.5 Å². The Kier molecular flexibility index (Phi) is 5.38. The van der Waals surface area contributed by atoms with Gasteiger partial charge in [0.1, 0.15) is 12.6 Å². The summed E-state index contributed by atoms with van der Waals surface area (Å²) in [7, 11) is 1.60. The number of benzene rings is 3. The number of methoxy groups -OCH3 is 1. The summed E-state index contributed by atoms with van der Waals surface area (Å²) in [5.74, 6) is 0.127. The lowest BCUT2D eigenvalue weighted by Gasteiger charge is -2.21. The maximum atomic E-state index is 13.2. The molecule has 0 bridgehead atoms. The van der Waals surface area contributed by atoms with Gasteiger partial charge in [-0.1, -0.05) is 30.3 Å². The fourth-order valence-corrected chi connectivity index (χ4v) is 4.52. The van der Waals surface area contributed by atoms with Gasteiger partial charge in [0, 0.05) is 23.0 Å². The van der Waals surface area contributed by atoms with Gasteiger partial charge >= 0.3 is 5.97 Å². The molecule has 0 spiro atoms. The van der Waals surface area contributed by atoms with E-state index in [1.54, 1.807) is 24.1 Å². The summed E-state index contributed by atoms with van der Waals surface area (Å²) in [6, 6.07) is 19.2. The maximum absolute atomic E-state index is 13.2. The van der Waals surface area contributed by atoms with Crippen LogP contribution in [0.4, 0.5) is 11.4 Å². The van der Waals surface area contributed by atoms with Crippen LogP contribution < -0.4 is 19.7 Å². The Morgan fingerprint density at radius 1 is 1.09 bits per heavy atom. The van der Waals surface area contributed by atoms with Gasteiger partial charge in [-0.15, -0.1) is 0 Å². The number of carbonyl (C=O) groups excluding carboxylic acids is 1. The monoisotopic (exact) mass is 444 g/mol. The minimum Gasteiger partial charge on any atom is -0.493 e. The first-order valence-corrected chi connectivity index (χ1v) is 10.9. The second-order valence-electron chi connectivity index (χ2n) is 8.19. The minimum absolute atomic E-state index is 0.0558. The van der Waals surface area contributed by atoms with Crippen LogP contribution in [0.5, 0.6) is 11.5 Å². The van der Waals surface area contributed by atoms with Crippen molar-refractivity contribution < 1.29 is 24.2 Å². The number of carbonyl (C=O) groups is 2. The number of hydrogen-bond donors (Lipinski definition) is 2. The highest BCUT2D eigenvalue weighted by atomic mass is 16.5. The van der Waals surface area contributed by atoms with Crippen molar-refractivity contribution in [2.24, 2.45) is 0 Å². The van der Waals surface area contributed by atoms with E-state index < -0.39 is 5.97 Å². The highest BCUT2D eigenvalue weighted by Crippen LogP contribution is 2.41. The number of nitrogens with zero attached hydrogens (tertiary/aromatic N) is 1. The number of hydrogen-bond acceptors (Lipinski definition) is 5. The fraction of sp³-hybridized carbons (Fsp3) is 0.231. The van der Waals surface area contributed by atoms with Crippen LogP contribution in [-0.2, 0) is 17.8 Å². The Balaban J connectivity index is 1.39. The van der Waals surface area contributed by atoms with Crippen LogP contribution in [0.15, 0.2) is 60.7 Å². The van der Waals surface area contributed by atoms with E-state index in [0.717, 1.165) is 24.1 Å². The van der Waals surface area contributed by atoms with E-state index in [1.807, 2.05) is 36.4 Å². The van der Waals surface area contributed by atoms with Gasteiger partial charge in [-0.3, -0.25) is 9.59 Å². The minimum atomic E-state index is -0.959. The molecule has 33 heavy (non-hydrogen) atoms. The molecule has 0 aromatic heterocycles. The molecule has 1 heterocycles. The van der Waals surface area contributed by atoms with Crippen molar-refractivity contribution in [3.63, 3.8) is 0 Å². The van der Waals surface area contributed by atoms with Gasteiger partial charge in [-0.2, -0.15) is 0 Å². The summed E-state index contributed by atoms with van der Waals surface area (Å²) >= 11 is 0. The molecule has 1 aliphatic carbocycles. The number of fused-ring (bicyclic) bond motifs is 2. The maximum Gasteiger partial charge on any atom is 0.322 e. The number of nitrogens with one attached hydrogen (secondary N) is 1. The molecule has 1 unspecified atom stereocenters. The van der Waals surface area contributed by atoms with E-state index in [9.17, 15) is 9.59 Å². The lowest BCUT2D eigenvalue weighted by molar-refractivity contribution is -0.134. The number of aryl methyl sites for hydroxylation is 1. The standard InChI is InChI=1S/C26H24N2O5/c1-32-23-11-9-19(13-24(23)33-22-10-7-16-4-2-3-5-20(16)22)28-15-17-6-8-18(27-14-25(29)30)12-21(17)26(28)31/h2-6,8-9,11-13,22,27H,7,10,14-15H2,1H3,(H,29,30).